The minimum Gasteiger partial charge on any atom is -0.469 e. The predicted octanol–water partition coefficient (Wildman–Crippen LogP) is 0.624. The van der Waals surface area contributed by atoms with Crippen molar-refractivity contribution in [3.63, 3.8) is 0 Å². The van der Waals surface area contributed by atoms with E-state index in [0.29, 0.717) is 6.54 Å². The van der Waals surface area contributed by atoms with Gasteiger partial charge in [0.15, 0.2) is 0 Å². The number of ether oxygens (including phenoxy) is 1. The number of imidazole rings is 1. The van der Waals surface area contributed by atoms with Crippen molar-refractivity contribution in [3.05, 3.63) is 18.7 Å². The lowest BCUT2D eigenvalue weighted by Gasteiger charge is -2.19. The number of likely N-dealkylation sites (N-methyl/N-ethyl adjacent to an activating group) is 1. The van der Waals surface area contributed by atoms with Crippen molar-refractivity contribution in [1.29, 1.82) is 0 Å². The number of aromatic nitrogens is 2. The van der Waals surface area contributed by atoms with Gasteiger partial charge in [-0.2, -0.15) is 0 Å². The summed E-state index contributed by atoms with van der Waals surface area (Å²) in [6, 6.07) is 0. The van der Waals surface area contributed by atoms with Gasteiger partial charge in [0.25, 0.3) is 0 Å². The Morgan fingerprint density at radius 2 is 2.38 bits per heavy atom. The van der Waals surface area contributed by atoms with Crippen molar-refractivity contribution in [2.75, 3.05) is 27.2 Å². The van der Waals surface area contributed by atoms with Crippen LogP contribution in [0.1, 0.15) is 6.92 Å². The zero-order chi connectivity index (χ0) is 12.0. The van der Waals surface area contributed by atoms with Gasteiger partial charge in [0.05, 0.1) is 19.4 Å². The maximum absolute atomic E-state index is 11.2. The third kappa shape index (κ3) is 4.02. The predicted molar refractivity (Wildman–Crippen MR) is 60.9 cm³/mol. The van der Waals surface area contributed by atoms with Crippen LogP contribution in [0.15, 0.2) is 18.7 Å². The second-order valence-electron chi connectivity index (χ2n) is 3.99. The molecule has 1 unspecified atom stereocenters. The lowest BCUT2D eigenvalue weighted by Crippen LogP contribution is -2.31. The van der Waals surface area contributed by atoms with Crippen LogP contribution in [-0.2, 0) is 16.1 Å². The van der Waals surface area contributed by atoms with E-state index in [1.807, 2.05) is 24.7 Å². The van der Waals surface area contributed by atoms with Crippen molar-refractivity contribution in [2.24, 2.45) is 5.92 Å². The van der Waals surface area contributed by atoms with Crippen molar-refractivity contribution < 1.29 is 9.53 Å². The molecule has 90 valence electrons. The zero-order valence-corrected chi connectivity index (χ0v) is 10.1. The Morgan fingerprint density at radius 3 is 2.94 bits per heavy atom. The summed E-state index contributed by atoms with van der Waals surface area (Å²) in [5.74, 6) is -0.243. The Labute approximate surface area is 96.0 Å². The summed E-state index contributed by atoms with van der Waals surface area (Å²) in [6.07, 6.45) is 5.48. The fraction of sp³-hybridized carbons (Fsp3) is 0.636. The average Bonchev–Trinajstić information content (AvgIpc) is 2.78. The first-order chi connectivity index (χ1) is 7.63. The van der Waals surface area contributed by atoms with Gasteiger partial charge in [-0.1, -0.05) is 6.92 Å². The molecule has 0 saturated heterocycles. The molecule has 0 aromatic carbocycles. The van der Waals surface area contributed by atoms with Gasteiger partial charge < -0.3 is 14.2 Å². The minimum atomic E-state index is -0.158. The normalized spacial score (nSPS) is 12.8. The van der Waals surface area contributed by atoms with Crippen molar-refractivity contribution in [3.8, 4) is 0 Å². The van der Waals surface area contributed by atoms with Crippen molar-refractivity contribution in [2.45, 2.75) is 13.5 Å². The van der Waals surface area contributed by atoms with Gasteiger partial charge >= 0.3 is 5.97 Å². The molecule has 5 heteroatoms. The number of methoxy groups -OCH3 is 1. The maximum Gasteiger partial charge on any atom is 0.309 e. The van der Waals surface area contributed by atoms with Crippen LogP contribution in [0.5, 0.6) is 0 Å². The molecule has 0 aliphatic carbocycles. The number of rotatable bonds is 6. The van der Waals surface area contributed by atoms with Crippen LogP contribution < -0.4 is 0 Å². The number of hydrogen-bond acceptors (Lipinski definition) is 4. The molecule has 1 aromatic heterocycles. The van der Waals surface area contributed by atoms with Gasteiger partial charge in [0.2, 0.25) is 0 Å². The van der Waals surface area contributed by atoms with Gasteiger partial charge in [-0.3, -0.25) is 4.79 Å². The molecule has 0 aliphatic heterocycles. The summed E-state index contributed by atoms with van der Waals surface area (Å²) in [6.45, 7) is 4.35. The molecule has 0 amide bonds. The molecule has 5 nitrogen and oxygen atoms in total. The molecule has 0 radical (unpaired) electrons. The number of esters is 1. The Balaban J connectivity index is 2.25. The summed E-state index contributed by atoms with van der Waals surface area (Å²) in [5, 5.41) is 0. The van der Waals surface area contributed by atoms with Crippen molar-refractivity contribution in [1.82, 2.24) is 14.5 Å². The molecule has 0 bridgehead atoms. The number of hydrogen-bond donors (Lipinski definition) is 0. The highest BCUT2D eigenvalue weighted by molar-refractivity contribution is 5.71. The SMILES string of the molecule is COC(=O)C(C)CN(C)CCn1ccnc1. The van der Waals surface area contributed by atoms with Gasteiger partial charge in [-0.05, 0) is 7.05 Å². The summed E-state index contributed by atoms with van der Waals surface area (Å²) in [7, 11) is 3.42. The highest BCUT2D eigenvalue weighted by atomic mass is 16.5. The van der Waals surface area contributed by atoms with Crippen LogP contribution in [0, 0.1) is 5.92 Å². The van der Waals surface area contributed by atoms with E-state index in [1.165, 1.54) is 7.11 Å². The van der Waals surface area contributed by atoms with E-state index in [1.54, 1.807) is 12.5 Å². The molecule has 1 heterocycles. The first kappa shape index (κ1) is 12.7. The van der Waals surface area contributed by atoms with Gasteiger partial charge in [0.1, 0.15) is 0 Å². The standard InChI is InChI=1S/C11H19N3O2/c1-10(11(15)16-3)8-13(2)6-7-14-5-4-12-9-14/h4-5,9-10H,6-8H2,1-3H3. The Bertz CT molecular complexity index is 311. The lowest BCUT2D eigenvalue weighted by molar-refractivity contribution is -0.145. The minimum absolute atomic E-state index is 0.0854. The first-order valence-electron chi connectivity index (χ1n) is 5.35. The van der Waals surface area contributed by atoms with E-state index in [-0.39, 0.29) is 11.9 Å². The third-order valence-electron chi connectivity index (χ3n) is 2.49. The van der Waals surface area contributed by atoms with E-state index in [0.717, 1.165) is 13.1 Å². The van der Waals surface area contributed by atoms with Crippen LogP contribution in [0.4, 0.5) is 0 Å². The molecule has 1 rings (SSSR count). The molecule has 16 heavy (non-hydrogen) atoms. The van der Waals surface area contributed by atoms with Gasteiger partial charge in [0, 0.05) is 32.0 Å². The van der Waals surface area contributed by atoms with E-state index in [4.69, 9.17) is 0 Å². The monoisotopic (exact) mass is 225 g/mol. The van der Waals surface area contributed by atoms with Gasteiger partial charge in [-0.25, -0.2) is 4.98 Å². The molecule has 0 saturated carbocycles. The highest BCUT2D eigenvalue weighted by Gasteiger charge is 2.14. The van der Waals surface area contributed by atoms with E-state index >= 15 is 0 Å². The topological polar surface area (TPSA) is 47.4 Å². The van der Waals surface area contributed by atoms with Crippen LogP contribution >= 0.6 is 0 Å². The molecule has 0 spiro atoms. The molecule has 0 fully saturated rings. The van der Waals surface area contributed by atoms with E-state index in [2.05, 4.69) is 14.6 Å². The van der Waals surface area contributed by atoms with E-state index in [9.17, 15) is 4.79 Å². The second-order valence-corrected chi connectivity index (χ2v) is 3.99. The van der Waals surface area contributed by atoms with Gasteiger partial charge in [-0.15, -0.1) is 0 Å². The molecular weight excluding hydrogens is 206 g/mol. The van der Waals surface area contributed by atoms with Crippen LogP contribution in [0.3, 0.4) is 0 Å². The van der Waals surface area contributed by atoms with E-state index < -0.39 is 0 Å². The third-order valence-corrected chi connectivity index (χ3v) is 2.49. The molecule has 0 N–H and O–H groups in total. The number of nitrogens with zero attached hydrogens (tertiary/aromatic N) is 3. The smallest absolute Gasteiger partial charge is 0.309 e. The molecular formula is C11H19N3O2. The average molecular weight is 225 g/mol. The van der Waals surface area contributed by atoms with Crippen LogP contribution in [0.2, 0.25) is 0 Å². The Kier molecular flexibility index (Phi) is 4.98. The van der Waals surface area contributed by atoms with Crippen molar-refractivity contribution >= 4 is 5.97 Å². The van der Waals surface area contributed by atoms with Crippen LogP contribution in [-0.4, -0.2) is 47.7 Å². The quantitative estimate of drug-likeness (QED) is 0.666. The molecule has 0 aliphatic rings. The van der Waals surface area contributed by atoms with Crippen LogP contribution in [0.25, 0.3) is 0 Å². The summed E-state index contributed by atoms with van der Waals surface area (Å²) < 4.78 is 6.70. The fourth-order valence-electron chi connectivity index (χ4n) is 1.54. The number of carbonyl (C=O) groups excluding carboxylic acids is 1. The molecule has 1 atom stereocenters. The fourth-order valence-corrected chi connectivity index (χ4v) is 1.54. The zero-order valence-electron chi connectivity index (χ0n) is 10.1. The second kappa shape index (κ2) is 6.27. The summed E-state index contributed by atoms with van der Waals surface area (Å²) in [4.78, 5) is 17.3. The Hall–Kier alpha value is -1.36. The maximum atomic E-state index is 11.2. The Morgan fingerprint density at radius 1 is 1.62 bits per heavy atom. The summed E-state index contributed by atoms with van der Waals surface area (Å²) in [5.41, 5.74) is 0. The number of carbonyl (C=O) groups is 1. The summed E-state index contributed by atoms with van der Waals surface area (Å²) >= 11 is 0. The largest absolute Gasteiger partial charge is 0.469 e. The lowest BCUT2D eigenvalue weighted by atomic mass is 10.2. The highest BCUT2D eigenvalue weighted by Crippen LogP contribution is 2.00. The first-order valence-corrected chi connectivity index (χ1v) is 5.35. The molecule has 1 aromatic rings.